The van der Waals surface area contributed by atoms with Gasteiger partial charge in [-0.25, -0.2) is 14.2 Å². The second-order valence-electron chi connectivity index (χ2n) is 9.40. The molecule has 0 saturated carbocycles. The molecule has 0 radical (unpaired) electrons. The highest BCUT2D eigenvalue weighted by Crippen LogP contribution is 2.34. The standard InChI is InChI=1S/C28H32FN5O3/c1-7-37-32-26-23(14-20-8-13-24(25(15-20)36-6)33-16-18(2)30-17-33)28(4,5)31-27(35)34(26)19(3)21-9-11-22(29)12-10-21/h8-17,19H,7H2,1-6H3,(H,31,35)/b23-14-,32-26?/t19-/m1/s1. The van der Waals surface area contributed by atoms with Crippen LogP contribution in [-0.4, -0.2) is 45.6 Å². The van der Waals surface area contributed by atoms with E-state index < -0.39 is 11.6 Å². The zero-order valence-corrected chi connectivity index (χ0v) is 21.9. The molecule has 1 aromatic heterocycles. The Bertz CT molecular complexity index is 1340. The number of oxime groups is 1. The second-order valence-corrected chi connectivity index (χ2v) is 9.40. The zero-order chi connectivity index (χ0) is 26.7. The lowest BCUT2D eigenvalue weighted by Gasteiger charge is -2.43. The minimum Gasteiger partial charge on any atom is -0.495 e. The summed E-state index contributed by atoms with van der Waals surface area (Å²) < 4.78 is 21.1. The number of rotatable bonds is 7. The number of amidine groups is 1. The smallest absolute Gasteiger partial charge is 0.324 e. The summed E-state index contributed by atoms with van der Waals surface area (Å²) >= 11 is 0. The Morgan fingerprint density at radius 2 is 1.95 bits per heavy atom. The third-order valence-corrected chi connectivity index (χ3v) is 6.31. The summed E-state index contributed by atoms with van der Waals surface area (Å²) in [5.74, 6) is 0.720. The monoisotopic (exact) mass is 505 g/mol. The van der Waals surface area contributed by atoms with Crippen molar-refractivity contribution in [3.8, 4) is 11.4 Å². The molecule has 1 saturated heterocycles. The van der Waals surface area contributed by atoms with Crippen LogP contribution in [0.3, 0.4) is 0 Å². The number of aryl methyl sites for hydroxylation is 1. The average Bonchev–Trinajstić information content (AvgIpc) is 3.30. The van der Waals surface area contributed by atoms with Crippen LogP contribution in [0.1, 0.15) is 50.6 Å². The van der Waals surface area contributed by atoms with Crippen molar-refractivity contribution in [1.29, 1.82) is 0 Å². The number of imidazole rings is 1. The van der Waals surface area contributed by atoms with Crippen LogP contribution in [0.4, 0.5) is 9.18 Å². The van der Waals surface area contributed by atoms with Gasteiger partial charge < -0.3 is 19.5 Å². The maximum atomic E-state index is 13.6. The highest BCUT2D eigenvalue weighted by atomic mass is 19.1. The number of carbonyl (C=O) groups excluding carboxylic acids is 1. The Hall–Kier alpha value is -4.14. The third-order valence-electron chi connectivity index (χ3n) is 6.31. The van der Waals surface area contributed by atoms with Crippen molar-refractivity contribution < 1.29 is 18.8 Å². The Balaban J connectivity index is 1.80. The van der Waals surface area contributed by atoms with Gasteiger partial charge in [-0.1, -0.05) is 23.4 Å². The van der Waals surface area contributed by atoms with Crippen LogP contribution in [0.15, 0.2) is 65.7 Å². The van der Waals surface area contributed by atoms with E-state index in [1.165, 1.54) is 12.1 Å². The number of ether oxygens (including phenoxy) is 1. The summed E-state index contributed by atoms with van der Waals surface area (Å²) in [7, 11) is 1.62. The quantitative estimate of drug-likeness (QED) is 0.422. The zero-order valence-electron chi connectivity index (χ0n) is 21.9. The van der Waals surface area contributed by atoms with Crippen molar-refractivity contribution in [2.24, 2.45) is 5.16 Å². The number of hydrogen-bond donors (Lipinski definition) is 1. The first-order valence-corrected chi connectivity index (χ1v) is 12.1. The Labute approximate surface area is 216 Å². The molecule has 2 amide bonds. The van der Waals surface area contributed by atoms with Gasteiger partial charge in [-0.05, 0) is 76.1 Å². The Morgan fingerprint density at radius 1 is 1.22 bits per heavy atom. The maximum Gasteiger partial charge on any atom is 0.324 e. The highest BCUT2D eigenvalue weighted by Gasteiger charge is 2.43. The second kappa shape index (κ2) is 10.5. The fraction of sp³-hybridized carbons (Fsp3) is 0.321. The molecule has 1 N–H and O–H groups in total. The van der Waals surface area contributed by atoms with Crippen molar-refractivity contribution in [3.05, 3.63) is 83.2 Å². The van der Waals surface area contributed by atoms with Crippen LogP contribution < -0.4 is 10.1 Å². The van der Waals surface area contributed by atoms with Crippen molar-refractivity contribution in [3.63, 3.8) is 0 Å². The number of nitrogens with one attached hydrogen (secondary N) is 1. The fourth-order valence-electron chi connectivity index (χ4n) is 4.33. The molecular weight excluding hydrogens is 473 g/mol. The van der Waals surface area contributed by atoms with Crippen LogP contribution >= 0.6 is 0 Å². The molecule has 0 aliphatic carbocycles. The summed E-state index contributed by atoms with van der Waals surface area (Å²) in [6.07, 6.45) is 5.64. The van der Waals surface area contributed by atoms with Gasteiger partial charge in [-0.15, -0.1) is 0 Å². The van der Waals surface area contributed by atoms with Gasteiger partial charge in [0.25, 0.3) is 0 Å². The van der Waals surface area contributed by atoms with E-state index in [-0.39, 0.29) is 11.8 Å². The molecule has 4 rings (SSSR count). The normalized spacial score (nSPS) is 18.1. The largest absolute Gasteiger partial charge is 0.495 e. The number of hydrogen-bond acceptors (Lipinski definition) is 5. The van der Waals surface area contributed by atoms with Crippen LogP contribution in [-0.2, 0) is 4.84 Å². The molecule has 37 heavy (non-hydrogen) atoms. The van der Waals surface area contributed by atoms with Gasteiger partial charge in [0.05, 0.1) is 36.4 Å². The summed E-state index contributed by atoms with van der Waals surface area (Å²) in [6.45, 7) is 9.80. The molecule has 0 spiro atoms. The van der Waals surface area contributed by atoms with Crippen molar-refractivity contribution in [2.75, 3.05) is 13.7 Å². The SMILES string of the molecule is CCON=C1/C(=C/c2ccc(-n3cnc(C)c3)c(OC)c2)C(C)(C)NC(=O)N1[C@H](C)c1ccc(F)cc1. The van der Waals surface area contributed by atoms with Crippen LogP contribution in [0.2, 0.25) is 0 Å². The molecule has 9 heteroatoms. The van der Waals surface area contributed by atoms with Crippen molar-refractivity contribution >= 4 is 17.9 Å². The van der Waals surface area contributed by atoms with Gasteiger partial charge in [-0.2, -0.15) is 0 Å². The van der Waals surface area contributed by atoms with Crippen molar-refractivity contribution in [1.82, 2.24) is 19.8 Å². The summed E-state index contributed by atoms with van der Waals surface area (Å²) in [6, 6.07) is 11.2. The third kappa shape index (κ3) is 5.35. The van der Waals surface area contributed by atoms with Gasteiger partial charge in [0.1, 0.15) is 18.2 Å². The van der Waals surface area contributed by atoms with Gasteiger partial charge in [0.15, 0.2) is 5.84 Å². The molecule has 2 aromatic carbocycles. The van der Waals surface area contributed by atoms with Gasteiger partial charge in [-0.3, -0.25) is 4.90 Å². The van der Waals surface area contributed by atoms with E-state index in [4.69, 9.17) is 9.57 Å². The molecule has 2 heterocycles. The lowest BCUT2D eigenvalue weighted by atomic mass is 9.87. The Morgan fingerprint density at radius 3 is 2.57 bits per heavy atom. The first-order chi connectivity index (χ1) is 17.6. The molecule has 194 valence electrons. The molecule has 1 aliphatic heterocycles. The van der Waals surface area contributed by atoms with E-state index in [0.717, 1.165) is 28.1 Å². The van der Waals surface area contributed by atoms with E-state index in [1.807, 2.05) is 69.7 Å². The minimum atomic E-state index is -0.751. The number of nitrogens with zero attached hydrogens (tertiary/aromatic N) is 4. The fourth-order valence-corrected chi connectivity index (χ4v) is 4.33. The lowest BCUT2D eigenvalue weighted by molar-refractivity contribution is 0.147. The molecule has 0 unspecified atom stereocenters. The number of amides is 2. The van der Waals surface area contributed by atoms with E-state index in [0.29, 0.717) is 18.2 Å². The topological polar surface area (TPSA) is 81.0 Å². The number of aromatic nitrogens is 2. The molecule has 1 fully saturated rings. The van der Waals surface area contributed by atoms with E-state index in [9.17, 15) is 9.18 Å². The van der Waals surface area contributed by atoms with E-state index >= 15 is 0 Å². The van der Waals surface area contributed by atoms with Crippen LogP contribution in [0.25, 0.3) is 11.8 Å². The van der Waals surface area contributed by atoms with Gasteiger partial charge in [0, 0.05) is 11.8 Å². The first kappa shape index (κ1) is 25.9. The minimum absolute atomic E-state index is 0.319. The van der Waals surface area contributed by atoms with Gasteiger partial charge in [0.2, 0.25) is 0 Å². The number of carbonyl (C=O) groups is 1. The van der Waals surface area contributed by atoms with Crippen molar-refractivity contribution in [2.45, 2.75) is 46.2 Å². The average molecular weight is 506 g/mol. The lowest BCUT2D eigenvalue weighted by Crippen LogP contribution is -2.61. The summed E-state index contributed by atoms with van der Waals surface area (Å²) in [5, 5.41) is 7.45. The van der Waals surface area contributed by atoms with E-state index in [2.05, 4.69) is 15.5 Å². The van der Waals surface area contributed by atoms with E-state index in [1.54, 1.807) is 30.5 Å². The van der Waals surface area contributed by atoms with Gasteiger partial charge >= 0.3 is 6.03 Å². The predicted molar refractivity (Wildman–Crippen MR) is 141 cm³/mol. The number of halogens is 1. The molecule has 1 atom stereocenters. The molecule has 8 nitrogen and oxygen atoms in total. The molecular formula is C28H32FN5O3. The summed E-state index contributed by atoms with van der Waals surface area (Å²) in [5.41, 5.74) is 3.38. The molecule has 3 aromatic rings. The number of urea groups is 1. The number of benzene rings is 2. The predicted octanol–water partition coefficient (Wildman–Crippen LogP) is 5.63. The number of methoxy groups -OCH3 is 1. The van der Waals surface area contributed by atoms with Crippen LogP contribution in [0.5, 0.6) is 5.75 Å². The summed E-state index contributed by atoms with van der Waals surface area (Å²) in [4.78, 5) is 24.6. The highest BCUT2D eigenvalue weighted by molar-refractivity contribution is 6.14. The van der Waals surface area contributed by atoms with Crippen LogP contribution in [0, 0.1) is 12.7 Å². The first-order valence-electron chi connectivity index (χ1n) is 12.1. The molecule has 0 bridgehead atoms. The Kier molecular flexibility index (Phi) is 7.33. The maximum absolute atomic E-state index is 13.6. The molecule has 1 aliphatic rings.